The van der Waals surface area contributed by atoms with Crippen LogP contribution in [0.25, 0.3) is 0 Å². The lowest BCUT2D eigenvalue weighted by atomic mass is 9.96. The Bertz CT molecular complexity index is 892. The van der Waals surface area contributed by atoms with Crippen molar-refractivity contribution in [2.45, 2.75) is 31.8 Å². The van der Waals surface area contributed by atoms with E-state index in [1.165, 1.54) is 30.5 Å². The van der Waals surface area contributed by atoms with Gasteiger partial charge in [-0.15, -0.1) is 0 Å². The smallest absolute Gasteiger partial charge is 0.270 e. The minimum absolute atomic E-state index is 0.114. The molecule has 3 heterocycles. The van der Waals surface area contributed by atoms with E-state index in [1.807, 2.05) is 4.90 Å². The van der Waals surface area contributed by atoms with E-state index in [4.69, 9.17) is 4.74 Å². The first-order valence-electron chi connectivity index (χ1n) is 9.52. The van der Waals surface area contributed by atoms with Gasteiger partial charge < -0.3 is 14.6 Å². The number of carbonyl (C=O) groups is 1. The summed E-state index contributed by atoms with van der Waals surface area (Å²) in [5.41, 5.74) is 2.88. The summed E-state index contributed by atoms with van der Waals surface area (Å²) in [5, 5.41) is 0. The summed E-state index contributed by atoms with van der Waals surface area (Å²) < 4.78 is 4.97. The molecule has 0 spiro atoms. The lowest BCUT2D eigenvalue weighted by Gasteiger charge is -2.41. The van der Waals surface area contributed by atoms with Gasteiger partial charge in [-0.3, -0.25) is 14.5 Å². The van der Waals surface area contributed by atoms with Crippen LogP contribution in [0, 0.1) is 0 Å². The zero-order valence-electron chi connectivity index (χ0n) is 15.6. The molecule has 1 amide bonds. The molecule has 1 aromatic heterocycles. The van der Waals surface area contributed by atoms with Crippen molar-refractivity contribution in [3.05, 3.63) is 63.6 Å². The van der Waals surface area contributed by atoms with Crippen molar-refractivity contribution in [1.82, 2.24) is 14.8 Å². The second kappa shape index (κ2) is 7.56. The quantitative estimate of drug-likeness (QED) is 0.902. The first-order valence-corrected chi connectivity index (χ1v) is 9.52. The number of pyridine rings is 1. The first-order chi connectivity index (χ1) is 13.2. The lowest BCUT2D eigenvalue weighted by Crippen LogP contribution is -2.51. The van der Waals surface area contributed by atoms with E-state index in [2.05, 4.69) is 34.1 Å². The van der Waals surface area contributed by atoms with Crippen LogP contribution in [0.5, 0.6) is 5.75 Å². The van der Waals surface area contributed by atoms with Gasteiger partial charge in [0, 0.05) is 44.5 Å². The van der Waals surface area contributed by atoms with Crippen LogP contribution in [0.4, 0.5) is 0 Å². The van der Waals surface area contributed by atoms with Crippen LogP contribution < -0.4 is 10.2 Å². The summed E-state index contributed by atoms with van der Waals surface area (Å²) in [4.78, 5) is 32.1. The SMILES string of the molecule is COc1c[nH]c(C(=O)N2CCCC(N3CCc4ccccc4C3)C2)cc1=O. The largest absolute Gasteiger partial charge is 0.491 e. The van der Waals surface area contributed by atoms with Crippen molar-refractivity contribution in [3.8, 4) is 5.75 Å². The van der Waals surface area contributed by atoms with E-state index in [-0.39, 0.29) is 17.1 Å². The minimum atomic E-state index is -0.277. The van der Waals surface area contributed by atoms with E-state index < -0.39 is 0 Å². The molecule has 1 atom stereocenters. The highest BCUT2D eigenvalue weighted by Gasteiger charge is 2.30. The Balaban J connectivity index is 1.46. The zero-order chi connectivity index (χ0) is 18.8. The monoisotopic (exact) mass is 367 g/mol. The summed E-state index contributed by atoms with van der Waals surface area (Å²) in [6, 6.07) is 10.3. The van der Waals surface area contributed by atoms with Gasteiger partial charge >= 0.3 is 0 Å². The molecule has 2 aromatic rings. The molecule has 1 aromatic carbocycles. The molecule has 2 aliphatic heterocycles. The predicted molar refractivity (Wildman–Crippen MR) is 103 cm³/mol. The van der Waals surface area contributed by atoms with Crippen molar-refractivity contribution in [1.29, 1.82) is 0 Å². The summed E-state index contributed by atoms with van der Waals surface area (Å²) in [6.07, 6.45) is 4.60. The number of rotatable bonds is 3. The number of aromatic nitrogens is 1. The van der Waals surface area contributed by atoms with Gasteiger partial charge in [0.25, 0.3) is 5.91 Å². The van der Waals surface area contributed by atoms with Gasteiger partial charge in [-0.05, 0) is 30.4 Å². The highest BCUT2D eigenvalue weighted by Crippen LogP contribution is 2.25. The van der Waals surface area contributed by atoms with Crippen LogP contribution in [-0.2, 0) is 13.0 Å². The minimum Gasteiger partial charge on any atom is -0.491 e. The number of aromatic amines is 1. The van der Waals surface area contributed by atoms with Gasteiger partial charge in [0.1, 0.15) is 5.69 Å². The number of piperidine rings is 1. The summed E-state index contributed by atoms with van der Waals surface area (Å²) in [5.74, 6) is 0.104. The molecule has 4 rings (SSSR count). The fourth-order valence-corrected chi connectivity index (χ4v) is 4.18. The molecule has 0 saturated carbocycles. The third-order valence-electron chi connectivity index (χ3n) is 5.69. The van der Waals surface area contributed by atoms with Crippen molar-refractivity contribution < 1.29 is 9.53 Å². The standard InChI is InChI=1S/C21H25N3O3/c1-27-20-12-22-18(11-19(20)25)21(26)24-9-4-7-17(14-24)23-10-8-15-5-2-3-6-16(15)13-23/h2-3,5-6,11-12,17H,4,7-10,13-14H2,1H3,(H,22,25). The van der Waals surface area contributed by atoms with Crippen LogP contribution in [0.3, 0.4) is 0 Å². The normalized spacial score (nSPS) is 20.2. The molecular formula is C21H25N3O3. The number of fused-ring (bicyclic) bond motifs is 1. The number of amides is 1. The fraction of sp³-hybridized carbons (Fsp3) is 0.429. The number of methoxy groups -OCH3 is 1. The second-order valence-electron chi connectivity index (χ2n) is 7.32. The summed E-state index contributed by atoms with van der Waals surface area (Å²) in [7, 11) is 1.44. The molecule has 0 aliphatic carbocycles. The molecule has 0 radical (unpaired) electrons. The number of hydrogen-bond donors (Lipinski definition) is 1. The van der Waals surface area contributed by atoms with Crippen molar-refractivity contribution in [2.75, 3.05) is 26.7 Å². The second-order valence-corrected chi connectivity index (χ2v) is 7.32. The number of carbonyl (C=O) groups excluding carboxylic acids is 1. The molecule has 6 heteroatoms. The van der Waals surface area contributed by atoms with Gasteiger partial charge in [0.15, 0.2) is 5.75 Å². The van der Waals surface area contributed by atoms with Crippen LogP contribution in [0.15, 0.2) is 41.3 Å². The van der Waals surface area contributed by atoms with E-state index >= 15 is 0 Å². The van der Waals surface area contributed by atoms with Gasteiger partial charge in [-0.25, -0.2) is 0 Å². The van der Waals surface area contributed by atoms with Crippen LogP contribution >= 0.6 is 0 Å². The Morgan fingerprint density at radius 2 is 2.04 bits per heavy atom. The van der Waals surface area contributed by atoms with E-state index in [0.29, 0.717) is 18.3 Å². The number of hydrogen-bond acceptors (Lipinski definition) is 4. The topological polar surface area (TPSA) is 65.6 Å². The fourth-order valence-electron chi connectivity index (χ4n) is 4.18. The Hall–Kier alpha value is -2.60. The number of likely N-dealkylation sites (tertiary alicyclic amines) is 1. The predicted octanol–water partition coefficient (Wildman–Crippen LogP) is 2.05. The average Bonchev–Trinajstić information content (AvgIpc) is 2.73. The molecule has 1 unspecified atom stereocenters. The van der Waals surface area contributed by atoms with Gasteiger partial charge in [0.2, 0.25) is 5.43 Å². The van der Waals surface area contributed by atoms with E-state index in [9.17, 15) is 9.59 Å². The van der Waals surface area contributed by atoms with Crippen LogP contribution in [0.1, 0.15) is 34.5 Å². The Morgan fingerprint density at radius 1 is 1.22 bits per heavy atom. The van der Waals surface area contributed by atoms with Gasteiger partial charge in [0.05, 0.1) is 7.11 Å². The molecular weight excluding hydrogens is 342 g/mol. The van der Waals surface area contributed by atoms with E-state index in [1.54, 1.807) is 0 Å². The molecule has 6 nitrogen and oxygen atoms in total. The molecule has 1 saturated heterocycles. The highest BCUT2D eigenvalue weighted by atomic mass is 16.5. The van der Waals surface area contributed by atoms with Crippen LogP contribution in [0.2, 0.25) is 0 Å². The molecule has 2 aliphatic rings. The first kappa shape index (κ1) is 17.8. The third kappa shape index (κ3) is 3.62. The molecule has 27 heavy (non-hydrogen) atoms. The Labute approximate surface area is 158 Å². The maximum Gasteiger partial charge on any atom is 0.270 e. The maximum atomic E-state index is 12.9. The molecule has 1 fully saturated rings. The van der Waals surface area contributed by atoms with Crippen LogP contribution in [-0.4, -0.2) is 53.5 Å². The number of ether oxygens (including phenoxy) is 1. The van der Waals surface area contributed by atoms with Gasteiger partial charge in [-0.1, -0.05) is 24.3 Å². The van der Waals surface area contributed by atoms with Crippen molar-refractivity contribution >= 4 is 5.91 Å². The summed E-state index contributed by atoms with van der Waals surface area (Å²) in [6.45, 7) is 3.41. The number of H-pyrrole nitrogens is 1. The number of nitrogens with one attached hydrogen (secondary N) is 1. The number of benzene rings is 1. The van der Waals surface area contributed by atoms with Gasteiger partial charge in [-0.2, -0.15) is 0 Å². The number of nitrogens with zero attached hydrogens (tertiary/aromatic N) is 2. The van der Waals surface area contributed by atoms with E-state index in [0.717, 1.165) is 38.9 Å². The summed E-state index contributed by atoms with van der Waals surface area (Å²) >= 11 is 0. The van der Waals surface area contributed by atoms with Crippen molar-refractivity contribution in [3.63, 3.8) is 0 Å². The maximum absolute atomic E-state index is 12.9. The average molecular weight is 367 g/mol. The van der Waals surface area contributed by atoms with Crippen molar-refractivity contribution in [2.24, 2.45) is 0 Å². The molecule has 0 bridgehead atoms. The zero-order valence-corrected chi connectivity index (χ0v) is 15.6. The molecule has 1 N–H and O–H groups in total. The highest BCUT2D eigenvalue weighted by molar-refractivity contribution is 5.92. The Morgan fingerprint density at radius 3 is 2.81 bits per heavy atom. The Kier molecular flexibility index (Phi) is 4.99. The lowest BCUT2D eigenvalue weighted by molar-refractivity contribution is 0.0543. The molecule has 142 valence electrons. The third-order valence-corrected chi connectivity index (χ3v) is 5.69.